The molecule has 4 rings (SSSR count). The van der Waals surface area contributed by atoms with Crippen LogP contribution in [0.15, 0.2) is 70.4 Å². The molecule has 0 aliphatic heterocycles. The lowest BCUT2D eigenvalue weighted by Crippen LogP contribution is -2.00. The third-order valence-electron chi connectivity index (χ3n) is 4.57. The molecule has 28 heavy (non-hydrogen) atoms. The summed E-state index contributed by atoms with van der Waals surface area (Å²) in [5.74, 6) is 1.15. The summed E-state index contributed by atoms with van der Waals surface area (Å²) in [5.41, 5.74) is 4.41. The van der Waals surface area contributed by atoms with Crippen LogP contribution in [0.25, 0.3) is 22.7 Å². The molecule has 4 aromatic rings. The van der Waals surface area contributed by atoms with Crippen LogP contribution in [-0.2, 0) is 6.54 Å². The van der Waals surface area contributed by atoms with Gasteiger partial charge in [0.2, 0.25) is 11.8 Å². The van der Waals surface area contributed by atoms with Gasteiger partial charge in [0.05, 0.1) is 17.1 Å². The summed E-state index contributed by atoms with van der Waals surface area (Å²) >= 11 is 1.63. The van der Waals surface area contributed by atoms with Crippen LogP contribution in [0.5, 0.6) is 0 Å². The fourth-order valence-electron chi connectivity index (χ4n) is 3.02. The second-order valence-electron chi connectivity index (χ2n) is 6.61. The largest absolute Gasteiger partial charge is 0.419 e. The number of rotatable bonds is 6. The minimum Gasteiger partial charge on any atom is -0.419 e. The average Bonchev–Trinajstić information content (AvgIpc) is 3.36. The molecule has 142 valence electrons. The summed E-state index contributed by atoms with van der Waals surface area (Å²) in [6.07, 6.45) is 1.93. The van der Waals surface area contributed by atoms with E-state index in [4.69, 9.17) is 4.42 Å². The lowest BCUT2D eigenvalue weighted by Gasteiger charge is -2.11. The molecule has 1 atom stereocenters. The Bertz CT molecular complexity index is 1050. The summed E-state index contributed by atoms with van der Waals surface area (Å²) in [6, 6.07) is 18.4. The molecule has 0 saturated carbocycles. The van der Waals surface area contributed by atoms with Gasteiger partial charge in [-0.2, -0.15) is 0 Å². The van der Waals surface area contributed by atoms with E-state index in [9.17, 15) is 0 Å². The molecule has 0 fully saturated rings. The zero-order valence-electron chi connectivity index (χ0n) is 16.2. The zero-order chi connectivity index (χ0) is 19.5. The summed E-state index contributed by atoms with van der Waals surface area (Å²) in [4.78, 5) is 4.64. The first-order chi connectivity index (χ1) is 13.7. The lowest BCUT2D eigenvalue weighted by atomic mass is 10.1. The van der Waals surface area contributed by atoms with Crippen LogP contribution in [0, 0.1) is 6.92 Å². The van der Waals surface area contributed by atoms with Crippen LogP contribution in [-0.4, -0.2) is 19.7 Å². The van der Waals surface area contributed by atoms with Gasteiger partial charge in [0, 0.05) is 12.1 Å². The van der Waals surface area contributed by atoms with E-state index in [1.54, 1.807) is 11.8 Å². The van der Waals surface area contributed by atoms with Gasteiger partial charge in [-0.1, -0.05) is 59.8 Å². The SMILES string of the molecule is CCn1c(-c2ccccc2)cnc1S[C@H](C)c1nnc(-c2ccc(C)cc2)o1. The Morgan fingerprint density at radius 2 is 1.75 bits per heavy atom. The van der Waals surface area contributed by atoms with Gasteiger partial charge in [-0.05, 0) is 38.5 Å². The Morgan fingerprint density at radius 1 is 1.00 bits per heavy atom. The van der Waals surface area contributed by atoms with Crippen molar-refractivity contribution in [2.24, 2.45) is 0 Å². The Kier molecular flexibility index (Phi) is 5.30. The quantitative estimate of drug-likeness (QED) is 0.391. The molecule has 0 aliphatic rings. The monoisotopic (exact) mass is 390 g/mol. The molecule has 2 aromatic heterocycles. The van der Waals surface area contributed by atoms with E-state index in [1.807, 2.05) is 48.7 Å². The van der Waals surface area contributed by atoms with Gasteiger partial charge in [0.1, 0.15) is 0 Å². The average molecular weight is 391 g/mol. The number of nitrogens with zero attached hydrogens (tertiary/aromatic N) is 4. The van der Waals surface area contributed by atoms with E-state index in [2.05, 4.69) is 52.7 Å². The smallest absolute Gasteiger partial charge is 0.247 e. The first-order valence-electron chi connectivity index (χ1n) is 9.33. The summed E-state index contributed by atoms with van der Waals surface area (Å²) < 4.78 is 8.14. The van der Waals surface area contributed by atoms with Gasteiger partial charge in [-0.25, -0.2) is 4.98 Å². The molecule has 0 aliphatic carbocycles. The van der Waals surface area contributed by atoms with Crippen molar-refractivity contribution < 1.29 is 4.42 Å². The zero-order valence-corrected chi connectivity index (χ0v) is 17.0. The topological polar surface area (TPSA) is 56.7 Å². The van der Waals surface area contributed by atoms with Gasteiger partial charge >= 0.3 is 0 Å². The molecule has 5 nitrogen and oxygen atoms in total. The van der Waals surface area contributed by atoms with Crippen molar-refractivity contribution in [2.45, 2.75) is 37.7 Å². The van der Waals surface area contributed by atoms with Crippen molar-refractivity contribution in [1.82, 2.24) is 19.7 Å². The summed E-state index contributed by atoms with van der Waals surface area (Å²) in [7, 11) is 0. The molecule has 0 radical (unpaired) electrons. The maximum absolute atomic E-state index is 5.93. The van der Waals surface area contributed by atoms with Crippen molar-refractivity contribution in [3.05, 3.63) is 72.2 Å². The van der Waals surface area contributed by atoms with E-state index >= 15 is 0 Å². The van der Waals surface area contributed by atoms with Gasteiger partial charge in [-0.3, -0.25) is 0 Å². The second kappa shape index (κ2) is 8.02. The maximum atomic E-state index is 5.93. The minimum absolute atomic E-state index is 0.00280. The standard InChI is InChI=1S/C22H22N4OS/c1-4-26-19(17-8-6-5-7-9-17)14-23-22(26)28-16(3)20-24-25-21(27-20)18-12-10-15(2)11-13-18/h5-14,16H,4H2,1-3H3/t16-/m1/s1. The Balaban J connectivity index is 1.55. The molecule has 0 bridgehead atoms. The highest BCUT2D eigenvalue weighted by Crippen LogP contribution is 2.36. The summed E-state index contributed by atoms with van der Waals surface area (Å²) in [6.45, 7) is 7.10. The van der Waals surface area contributed by atoms with E-state index in [0.29, 0.717) is 11.8 Å². The number of hydrogen-bond acceptors (Lipinski definition) is 5. The number of thioether (sulfide) groups is 1. The molecule has 0 N–H and O–H groups in total. The van der Waals surface area contributed by atoms with Crippen molar-refractivity contribution >= 4 is 11.8 Å². The van der Waals surface area contributed by atoms with Crippen LogP contribution in [0.4, 0.5) is 0 Å². The number of hydrogen-bond donors (Lipinski definition) is 0. The van der Waals surface area contributed by atoms with Crippen molar-refractivity contribution in [3.8, 4) is 22.7 Å². The van der Waals surface area contributed by atoms with Crippen LogP contribution in [0.1, 0.15) is 30.6 Å². The number of imidazole rings is 1. The maximum Gasteiger partial charge on any atom is 0.247 e. The normalized spacial score (nSPS) is 12.2. The predicted octanol–water partition coefficient (Wildman–Crippen LogP) is 5.78. The fraction of sp³-hybridized carbons (Fsp3) is 0.227. The van der Waals surface area contributed by atoms with E-state index in [1.165, 1.54) is 5.56 Å². The molecule has 2 heterocycles. The number of aromatic nitrogens is 4. The van der Waals surface area contributed by atoms with Gasteiger partial charge < -0.3 is 8.98 Å². The predicted molar refractivity (Wildman–Crippen MR) is 112 cm³/mol. The van der Waals surface area contributed by atoms with Crippen LogP contribution in [0.2, 0.25) is 0 Å². The molecule has 0 unspecified atom stereocenters. The minimum atomic E-state index is 0.00280. The third kappa shape index (κ3) is 3.73. The molecule has 6 heteroatoms. The van der Waals surface area contributed by atoms with Crippen LogP contribution >= 0.6 is 11.8 Å². The van der Waals surface area contributed by atoms with Crippen molar-refractivity contribution in [1.29, 1.82) is 0 Å². The molecular weight excluding hydrogens is 368 g/mol. The van der Waals surface area contributed by atoms with Crippen molar-refractivity contribution in [3.63, 3.8) is 0 Å². The van der Waals surface area contributed by atoms with Gasteiger partial charge in [-0.15, -0.1) is 10.2 Å². The highest BCUT2D eigenvalue weighted by molar-refractivity contribution is 7.99. The Labute approximate surface area is 168 Å². The Hall–Kier alpha value is -2.86. The highest BCUT2D eigenvalue weighted by Gasteiger charge is 2.20. The number of aryl methyl sites for hydroxylation is 1. The molecule has 0 amide bonds. The van der Waals surface area contributed by atoms with E-state index < -0.39 is 0 Å². The number of benzene rings is 2. The van der Waals surface area contributed by atoms with Crippen LogP contribution in [0.3, 0.4) is 0 Å². The highest BCUT2D eigenvalue weighted by atomic mass is 32.2. The first-order valence-corrected chi connectivity index (χ1v) is 10.2. The molecule has 0 saturated heterocycles. The fourth-order valence-corrected chi connectivity index (χ4v) is 4.00. The molecule has 0 spiro atoms. The molecular formula is C22H22N4OS. The lowest BCUT2D eigenvalue weighted by molar-refractivity contribution is 0.508. The molecule has 2 aromatic carbocycles. The first kappa shape index (κ1) is 18.5. The van der Waals surface area contributed by atoms with E-state index in [-0.39, 0.29) is 5.25 Å². The van der Waals surface area contributed by atoms with Gasteiger partial charge in [0.25, 0.3) is 0 Å². The Morgan fingerprint density at radius 3 is 2.46 bits per heavy atom. The van der Waals surface area contributed by atoms with Crippen molar-refractivity contribution in [2.75, 3.05) is 0 Å². The third-order valence-corrected chi connectivity index (χ3v) is 5.67. The second-order valence-corrected chi connectivity index (χ2v) is 7.92. The van der Waals surface area contributed by atoms with Gasteiger partial charge in [0.15, 0.2) is 5.16 Å². The van der Waals surface area contributed by atoms with E-state index in [0.717, 1.165) is 28.5 Å². The van der Waals surface area contributed by atoms with Crippen LogP contribution < -0.4 is 0 Å². The summed E-state index contributed by atoms with van der Waals surface area (Å²) in [5, 5.41) is 9.42.